The fourth-order valence-corrected chi connectivity index (χ4v) is 1.03. The van der Waals surface area contributed by atoms with Gasteiger partial charge in [0.15, 0.2) is 5.84 Å². The lowest BCUT2D eigenvalue weighted by atomic mass is 10.5. The molecule has 0 fully saturated rings. The van der Waals surface area contributed by atoms with E-state index in [4.69, 9.17) is 28.5 Å². The summed E-state index contributed by atoms with van der Waals surface area (Å²) in [6.45, 7) is 0. The van der Waals surface area contributed by atoms with Crippen LogP contribution in [-0.2, 0) is 0 Å². The van der Waals surface area contributed by atoms with Crippen molar-refractivity contribution < 1.29 is 9.90 Å². The molecule has 0 atom stereocenters. The molecule has 0 unspecified atom stereocenters. The van der Waals surface area contributed by atoms with Gasteiger partial charge in [0.2, 0.25) is 0 Å². The van der Waals surface area contributed by atoms with Crippen LogP contribution < -0.4 is 5.43 Å². The lowest BCUT2D eigenvalue weighted by Gasteiger charge is -2.21. The molecule has 0 aromatic rings. The highest BCUT2D eigenvalue weighted by molar-refractivity contribution is 6.31. The van der Waals surface area contributed by atoms with Gasteiger partial charge >= 0.3 is 6.09 Å². The topological polar surface area (TPSA) is 68.2 Å². The number of nitrogens with one attached hydrogen (secondary N) is 1. The zero-order chi connectivity index (χ0) is 10.0. The highest BCUT2D eigenvalue weighted by Gasteiger charge is 2.17. The minimum absolute atomic E-state index is 0.131. The third kappa shape index (κ3) is 2.40. The third-order valence-corrected chi connectivity index (χ3v) is 1.63. The number of hydrogen-bond donors (Lipinski definition) is 2. The minimum atomic E-state index is -1.15. The Kier molecular flexibility index (Phi) is 2.84. The Hall–Kier alpha value is -1.14. The normalized spacial score (nSPS) is 15.8. The number of amidine groups is 1. The van der Waals surface area contributed by atoms with Crippen LogP contribution >= 0.6 is 23.4 Å². The van der Waals surface area contributed by atoms with Crippen molar-refractivity contribution >= 4 is 35.3 Å². The van der Waals surface area contributed by atoms with E-state index in [0.29, 0.717) is 0 Å². The number of carboxylic acid groups (broad SMARTS) is 1. The van der Waals surface area contributed by atoms with E-state index in [9.17, 15) is 4.79 Å². The Bertz CT molecular complexity index is 290. The molecule has 0 bridgehead atoms. The Morgan fingerprint density at radius 2 is 2.46 bits per heavy atom. The summed E-state index contributed by atoms with van der Waals surface area (Å²) in [6.07, 6.45) is 0.195. The van der Waals surface area contributed by atoms with Crippen molar-refractivity contribution in [2.45, 2.75) is 0 Å². The molecule has 1 rings (SSSR count). The van der Waals surface area contributed by atoms with Crippen molar-refractivity contribution in [3.8, 4) is 0 Å². The van der Waals surface area contributed by atoms with Gasteiger partial charge in [0.25, 0.3) is 0 Å². The van der Waals surface area contributed by atoms with Gasteiger partial charge in [0.1, 0.15) is 5.16 Å². The van der Waals surface area contributed by atoms with Gasteiger partial charge in [-0.3, -0.25) is 10.3 Å². The second-order valence-corrected chi connectivity index (χ2v) is 2.89. The molecule has 0 aromatic carbocycles. The molecule has 2 N–H and O–H groups in total. The Balaban J connectivity index is 2.85. The van der Waals surface area contributed by atoms with Crippen molar-refractivity contribution in [2.75, 3.05) is 7.05 Å². The SMILES string of the molecule is CN(C(=O)O)C1=NN(Cl)NC(Cl)=C1. The Morgan fingerprint density at radius 3 is 2.92 bits per heavy atom. The number of hydrogen-bond acceptors (Lipinski definition) is 4. The van der Waals surface area contributed by atoms with Crippen molar-refractivity contribution in [2.24, 2.45) is 5.10 Å². The summed E-state index contributed by atoms with van der Waals surface area (Å²) in [7, 11) is 1.33. The summed E-state index contributed by atoms with van der Waals surface area (Å²) in [6, 6.07) is 0. The predicted molar refractivity (Wildman–Crippen MR) is 48.0 cm³/mol. The van der Waals surface area contributed by atoms with E-state index in [1.54, 1.807) is 0 Å². The van der Waals surface area contributed by atoms with E-state index >= 15 is 0 Å². The first-order valence-electron chi connectivity index (χ1n) is 3.15. The van der Waals surface area contributed by atoms with Gasteiger partial charge in [0.05, 0.1) is 11.8 Å². The number of halogens is 2. The fraction of sp³-hybridized carbons (Fsp3) is 0.200. The molecule has 8 heteroatoms. The molecule has 1 aliphatic rings. The van der Waals surface area contributed by atoms with Gasteiger partial charge in [-0.1, -0.05) is 11.6 Å². The van der Waals surface area contributed by atoms with E-state index in [-0.39, 0.29) is 11.0 Å². The van der Waals surface area contributed by atoms with Gasteiger partial charge in [-0.15, -0.1) is 9.74 Å². The molecular formula is C5H6Cl2N4O2. The monoisotopic (exact) mass is 224 g/mol. The Morgan fingerprint density at radius 1 is 1.85 bits per heavy atom. The van der Waals surface area contributed by atoms with Gasteiger partial charge in [-0.2, -0.15) is 0 Å². The summed E-state index contributed by atoms with van der Waals surface area (Å²) < 4.78 is 0.803. The maximum Gasteiger partial charge on any atom is 0.412 e. The van der Waals surface area contributed by atoms with Crippen LogP contribution in [0.4, 0.5) is 4.79 Å². The summed E-state index contributed by atoms with van der Waals surface area (Å²) in [4.78, 5) is 11.4. The lowest BCUT2D eigenvalue weighted by molar-refractivity contribution is 0.175. The van der Waals surface area contributed by atoms with Crippen LogP contribution in [0, 0.1) is 0 Å². The first-order chi connectivity index (χ1) is 6.00. The van der Waals surface area contributed by atoms with Crippen molar-refractivity contribution in [3.05, 3.63) is 11.2 Å². The number of likely N-dealkylation sites (N-methyl/N-ethyl adjacent to an activating group) is 1. The number of nitrogens with zero attached hydrogens (tertiary/aromatic N) is 3. The molecule has 1 aliphatic heterocycles. The second kappa shape index (κ2) is 3.71. The maximum absolute atomic E-state index is 10.5. The zero-order valence-corrected chi connectivity index (χ0v) is 8.04. The molecule has 0 aliphatic carbocycles. The van der Waals surface area contributed by atoms with Crippen LogP contribution in [0.25, 0.3) is 0 Å². The van der Waals surface area contributed by atoms with Crippen molar-refractivity contribution in [3.63, 3.8) is 0 Å². The first-order valence-corrected chi connectivity index (χ1v) is 3.87. The lowest BCUT2D eigenvalue weighted by Crippen LogP contribution is -2.37. The highest BCUT2D eigenvalue weighted by Crippen LogP contribution is 2.09. The second-order valence-electron chi connectivity index (χ2n) is 2.16. The molecule has 13 heavy (non-hydrogen) atoms. The number of carbonyl (C=O) groups is 1. The molecule has 1 amide bonds. The minimum Gasteiger partial charge on any atom is -0.465 e. The zero-order valence-electron chi connectivity index (χ0n) is 6.53. The molecule has 6 nitrogen and oxygen atoms in total. The summed E-state index contributed by atoms with van der Waals surface area (Å²) in [5, 5.41) is 12.4. The van der Waals surface area contributed by atoms with Gasteiger partial charge in [-0.25, -0.2) is 4.79 Å². The number of amides is 1. The van der Waals surface area contributed by atoms with Gasteiger partial charge in [-0.05, 0) is 0 Å². The number of hydrazine groups is 1. The highest BCUT2D eigenvalue weighted by atomic mass is 35.5. The molecule has 0 aromatic heterocycles. The first kappa shape index (κ1) is 9.94. The molecular weight excluding hydrogens is 219 g/mol. The average Bonchev–Trinajstić information content (AvgIpc) is 2.01. The van der Waals surface area contributed by atoms with E-state index in [2.05, 4.69) is 10.5 Å². The smallest absolute Gasteiger partial charge is 0.412 e. The molecule has 1 heterocycles. The largest absolute Gasteiger partial charge is 0.465 e. The standard InChI is InChI=1S/C5H6Cl2N4O2/c1-10(5(12)13)4-2-3(6)8-11(7)9-4/h2,8H,1H3,(H,12,13). The summed E-state index contributed by atoms with van der Waals surface area (Å²) in [5.41, 5.74) is 2.42. The van der Waals surface area contributed by atoms with Gasteiger partial charge in [0, 0.05) is 13.1 Å². The van der Waals surface area contributed by atoms with Crippen molar-refractivity contribution in [1.29, 1.82) is 0 Å². The number of rotatable bonds is 0. The van der Waals surface area contributed by atoms with Crippen LogP contribution in [0.3, 0.4) is 0 Å². The van der Waals surface area contributed by atoms with Crippen LogP contribution in [0.15, 0.2) is 16.3 Å². The van der Waals surface area contributed by atoms with Crippen LogP contribution in [-0.4, -0.2) is 33.6 Å². The van der Waals surface area contributed by atoms with Crippen LogP contribution in [0.1, 0.15) is 0 Å². The predicted octanol–water partition coefficient (Wildman–Crippen LogP) is 0.964. The quantitative estimate of drug-likeness (QED) is 0.476. The van der Waals surface area contributed by atoms with Gasteiger partial charge < -0.3 is 5.11 Å². The van der Waals surface area contributed by atoms with E-state index < -0.39 is 6.09 Å². The van der Waals surface area contributed by atoms with E-state index in [1.165, 1.54) is 13.1 Å². The molecule has 72 valence electrons. The average molecular weight is 225 g/mol. The van der Waals surface area contributed by atoms with Crippen LogP contribution in [0.5, 0.6) is 0 Å². The van der Waals surface area contributed by atoms with Crippen LogP contribution in [0.2, 0.25) is 0 Å². The molecule has 0 radical (unpaired) electrons. The Labute approximate surface area is 84.1 Å². The van der Waals surface area contributed by atoms with E-state index in [1.807, 2.05) is 0 Å². The van der Waals surface area contributed by atoms with E-state index in [0.717, 1.165) is 9.54 Å². The summed E-state index contributed by atoms with van der Waals surface area (Å²) >= 11 is 11.0. The third-order valence-electron chi connectivity index (χ3n) is 1.28. The summed E-state index contributed by atoms with van der Waals surface area (Å²) in [5.74, 6) is 0.131. The fourth-order valence-electron chi connectivity index (χ4n) is 0.639. The molecule has 0 saturated carbocycles. The molecule has 0 spiro atoms. The van der Waals surface area contributed by atoms with Crippen molar-refractivity contribution in [1.82, 2.24) is 15.0 Å². The maximum atomic E-state index is 10.5. The number of hydrazone groups is 1. The molecule has 0 saturated heterocycles.